The lowest BCUT2D eigenvalue weighted by Crippen LogP contribution is -2.28. The second kappa shape index (κ2) is 10.4. The molecule has 0 aliphatic rings. The largest absolute Gasteiger partial charge is 0.497 e. The molecule has 0 saturated heterocycles. The van der Waals surface area contributed by atoms with Gasteiger partial charge in [0.2, 0.25) is 5.91 Å². The topological polar surface area (TPSA) is 59.6 Å². The Hall–Kier alpha value is -2.53. The normalized spacial score (nSPS) is 10.3. The van der Waals surface area contributed by atoms with E-state index in [2.05, 4.69) is 22.8 Å². The number of benzene rings is 2. The second-order valence-electron chi connectivity index (χ2n) is 5.69. The number of hydrogen-bond donors (Lipinski definition) is 2. The molecule has 2 aromatic carbocycles. The monoisotopic (exact) mass is 342 g/mol. The van der Waals surface area contributed by atoms with Crippen molar-refractivity contribution < 1.29 is 14.3 Å². The molecule has 1 amide bonds. The molecule has 2 aromatic rings. The van der Waals surface area contributed by atoms with E-state index in [0.717, 1.165) is 30.0 Å². The Balaban J connectivity index is 1.60. The molecular formula is C20H26N2O3. The molecule has 0 spiro atoms. The fourth-order valence-electron chi connectivity index (χ4n) is 2.48. The highest BCUT2D eigenvalue weighted by atomic mass is 16.5. The van der Waals surface area contributed by atoms with E-state index in [0.29, 0.717) is 19.5 Å². The summed E-state index contributed by atoms with van der Waals surface area (Å²) in [6.07, 6.45) is 1.38. The van der Waals surface area contributed by atoms with Crippen molar-refractivity contribution >= 4 is 5.91 Å². The smallest absolute Gasteiger partial charge is 0.221 e. The minimum absolute atomic E-state index is 0.0304. The summed E-state index contributed by atoms with van der Waals surface area (Å²) in [4.78, 5) is 11.9. The van der Waals surface area contributed by atoms with Crippen LogP contribution in [0.2, 0.25) is 0 Å². The van der Waals surface area contributed by atoms with Gasteiger partial charge in [0.05, 0.1) is 14.2 Å². The van der Waals surface area contributed by atoms with Crippen LogP contribution in [0.3, 0.4) is 0 Å². The maximum absolute atomic E-state index is 11.9. The van der Waals surface area contributed by atoms with Gasteiger partial charge in [-0.3, -0.25) is 4.79 Å². The molecule has 0 radical (unpaired) electrons. The van der Waals surface area contributed by atoms with Gasteiger partial charge in [-0.05, 0) is 36.7 Å². The zero-order valence-corrected chi connectivity index (χ0v) is 14.9. The van der Waals surface area contributed by atoms with Crippen LogP contribution in [0.1, 0.15) is 17.5 Å². The van der Waals surface area contributed by atoms with Gasteiger partial charge in [0.1, 0.15) is 11.5 Å². The highest BCUT2D eigenvalue weighted by Gasteiger charge is 2.04. The molecule has 0 atom stereocenters. The maximum Gasteiger partial charge on any atom is 0.221 e. The van der Waals surface area contributed by atoms with Crippen molar-refractivity contribution in [2.24, 2.45) is 0 Å². The SMILES string of the molecule is COc1ccc(CCNCCC(=O)NCc2ccccc2OC)cc1. The fourth-order valence-corrected chi connectivity index (χ4v) is 2.48. The quantitative estimate of drug-likeness (QED) is 0.652. The van der Waals surface area contributed by atoms with Crippen LogP contribution in [-0.4, -0.2) is 33.2 Å². The van der Waals surface area contributed by atoms with Crippen molar-refractivity contribution in [3.63, 3.8) is 0 Å². The van der Waals surface area contributed by atoms with Crippen molar-refractivity contribution in [1.29, 1.82) is 0 Å². The van der Waals surface area contributed by atoms with Crippen LogP contribution in [0.15, 0.2) is 48.5 Å². The number of hydrogen-bond acceptors (Lipinski definition) is 4. The minimum atomic E-state index is 0.0304. The molecule has 0 aromatic heterocycles. The summed E-state index contributed by atoms with van der Waals surface area (Å²) >= 11 is 0. The van der Waals surface area contributed by atoms with E-state index in [1.807, 2.05) is 36.4 Å². The number of nitrogens with one attached hydrogen (secondary N) is 2. The first-order chi connectivity index (χ1) is 12.2. The number of methoxy groups -OCH3 is 2. The summed E-state index contributed by atoms with van der Waals surface area (Å²) < 4.78 is 10.4. The van der Waals surface area contributed by atoms with E-state index < -0.39 is 0 Å². The fraction of sp³-hybridized carbons (Fsp3) is 0.350. The first kappa shape index (κ1) is 18.8. The third-order valence-electron chi connectivity index (χ3n) is 3.95. The lowest BCUT2D eigenvalue weighted by atomic mass is 10.1. The van der Waals surface area contributed by atoms with Crippen LogP contribution < -0.4 is 20.1 Å². The molecule has 0 bridgehead atoms. The van der Waals surface area contributed by atoms with Gasteiger partial charge in [-0.2, -0.15) is 0 Å². The van der Waals surface area contributed by atoms with Crippen molar-refractivity contribution in [2.75, 3.05) is 27.3 Å². The van der Waals surface area contributed by atoms with Gasteiger partial charge in [-0.25, -0.2) is 0 Å². The lowest BCUT2D eigenvalue weighted by molar-refractivity contribution is -0.121. The van der Waals surface area contributed by atoms with Crippen molar-refractivity contribution in [3.8, 4) is 11.5 Å². The van der Waals surface area contributed by atoms with Crippen molar-refractivity contribution in [2.45, 2.75) is 19.4 Å². The molecule has 5 heteroatoms. The first-order valence-electron chi connectivity index (χ1n) is 8.45. The van der Waals surface area contributed by atoms with Crippen molar-refractivity contribution in [1.82, 2.24) is 10.6 Å². The standard InChI is InChI=1S/C20H26N2O3/c1-24-18-9-7-16(8-10-18)11-13-21-14-12-20(23)22-15-17-5-3-4-6-19(17)25-2/h3-10,21H,11-15H2,1-2H3,(H,22,23). The number of carbonyl (C=O) groups is 1. The molecule has 0 saturated carbocycles. The molecule has 5 nitrogen and oxygen atoms in total. The molecule has 25 heavy (non-hydrogen) atoms. The summed E-state index contributed by atoms with van der Waals surface area (Å²) in [7, 11) is 3.29. The van der Waals surface area contributed by atoms with Gasteiger partial charge in [0.15, 0.2) is 0 Å². The average Bonchev–Trinajstić information content (AvgIpc) is 2.66. The Morgan fingerprint density at radius 1 is 0.960 bits per heavy atom. The number of amides is 1. The number of rotatable bonds is 10. The van der Waals surface area contributed by atoms with E-state index in [9.17, 15) is 4.79 Å². The highest BCUT2D eigenvalue weighted by molar-refractivity contribution is 5.76. The summed E-state index contributed by atoms with van der Waals surface area (Å²) in [5.41, 5.74) is 2.22. The zero-order valence-electron chi connectivity index (χ0n) is 14.9. The van der Waals surface area contributed by atoms with E-state index in [1.54, 1.807) is 14.2 Å². The molecule has 0 unspecified atom stereocenters. The van der Waals surface area contributed by atoms with E-state index in [-0.39, 0.29) is 5.91 Å². The predicted molar refractivity (Wildman–Crippen MR) is 99.0 cm³/mol. The van der Waals surface area contributed by atoms with E-state index in [4.69, 9.17) is 9.47 Å². The molecule has 0 aliphatic heterocycles. The number of para-hydroxylation sites is 1. The Kier molecular flexibility index (Phi) is 7.79. The Bertz CT molecular complexity index is 656. The molecule has 0 aliphatic carbocycles. The second-order valence-corrected chi connectivity index (χ2v) is 5.69. The van der Waals surface area contributed by atoms with Gasteiger partial charge < -0.3 is 20.1 Å². The minimum Gasteiger partial charge on any atom is -0.497 e. The molecule has 0 fully saturated rings. The third-order valence-corrected chi connectivity index (χ3v) is 3.95. The maximum atomic E-state index is 11.9. The molecule has 134 valence electrons. The van der Waals surface area contributed by atoms with Crippen LogP contribution in [0.4, 0.5) is 0 Å². The third kappa shape index (κ3) is 6.47. The molecular weight excluding hydrogens is 316 g/mol. The van der Waals surface area contributed by atoms with Crippen molar-refractivity contribution in [3.05, 3.63) is 59.7 Å². The molecule has 2 rings (SSSR count). The Morgan fingerprint density at radius 2 is 1.72 bits per heavy atom. The van der Waals surface area contributed by atoms with Gasteiger partial charge in [0.25, 0.3) is 0 Å². The summed E-state index contributed by atoms with van der Waals surface area (Å²) in [6, 6.07) is 15.7. The van der Waals surface area contributed by atoms with Gasteiger partial charge in [-0.15, -0.1) is 0 Å². The van der Waals surface area contributed by atoms with Gasteiger partial charge in [-0.1, -0.05) is 30.3 Å². The summed E-state index contributed by atoms with van der Waals surface area (Å²) in [5, 5.41) is 6.22. The first-order valence-corrected chi connectivity index (χ1v) is 8.45. The molecule has 0 heterocycles. The van der Waals surface area contributed by atoms with E-state index >= 15 is 0 Å². The summed E-state index contributed by atoms with van der Waals surface area (Å²) in [6.45, 7) is 1.98. The Morgan fingerprint density at radius 3 is 2.44 bits per heavy atom. The lowest BCUT2D eigenvalue weighted by Gasteiger charge is -2.10. The summed E-state index contributed by atoms with van der Waals surface area (Å²) in [5.74, 6) is 1.69. The zero-order chi connectivity index (χ0) is 17.9. The van der Waals surface area contributed by atoms with Gasteiger partial charge >= 0.3 is 0 Å². The van der Waals surface area contributed by atoms with Crippen LogP contribution in [-0.2, 0) is 17.8 Å². The van der Waals surface area contributed by atoms with Crippen LogP contribution in [0.25, 0.3) is 0 Å². The average molecular weight is 342 g/mol. The van der Waals surface area contributed by atoms with Gasteiger partial charge in [0, 0.05) is 25.1 Å². The van der Waals surface area contributed by atoms with E-state index in [1.165, 1.54) is 5.56 Å². The number of ether oxygens (including phenoxy) is 2. The Labute approximate surface area is 149 Å². The van der Waals surface area contributed by atoms with Crippen LogP contribution >= 0.6 is 0 Å². The highest BCUT2D eigenvalue weighted by Crippen LogP contribution is 2.16. The van der Waals surface area contributed by atoms with Crippen LogP contribution in [0, 0.1) is 0 Å². The molecule has 2 N–H and O–H groups in total. The van der Waals surface area contributed by atoms with Crippen LogP contribution in [0.5, 0.6) is 11.5 Å². The predicted octanol–water partition coefficient (Wildman–Crippen LogP) is 2.54. The number of carbonyl (C=O) groups excluding carboxylic acids is 1.